The van der Waals surface area contributed by atoms with Gasteiger partial charge in [0.15, 0.2) is 0 Å². The minimum Gasteiger partial charge on any atom is -0.321 e. The minimum atomic E-state index is -0.399. The molecule has 41 heavy (non-hydrogen) atoms. The third-order valence-electron chi connectivity index (χ3n) is 8.57. The Balaban J connectivity index is 1.37. The molecule has 0 atom stereocenters. The van der Waals surface area contributed by atoms with Crippen molar-refractivity contribution in [1.29, 1.82) is 0 Å². The number of halogens is 1. The Morgan fingerprint density at radius 1 is 0.512 bits per heavy atom. The van der Waals surface area contributed by atoms with Crippen LogP contribution in [0.4, 0.5) is 5.69 Å². The molecule has 1 N–H and O–H groups in total. The van der Waals surface area contributed by atoms with Crippen molar-refractivity contribution in [3.8, 4) is 33.4 Å². The quantitative estimate of drug-likeness (QED) is 0.218. The first-order valence-electron chi connectivity index (χ1n) is 13.8. The van der Waals surface area contributed by atoms with Gasteiger partial charge in [0.2, 0.25) is 0 Å². The second-order valence-corrected chi connectivity index (χ2v) is 11.5. The third kappa shape index (κ3) is 3.39. The Morgan fingerprint density at radius 2 is 1.02 bits per heavy atom. The van der Waals surface area contributed by atoms with Crippen molar-refractivity contribution in [2.24, 2.45) is 0 Å². The summed E-state index contributed by atoms with van der Waals surface area (Å²) in [5.74, 6) is -0.137. The molecule has 0 bridgehead atoms. The fourth-order valence-corrected chi connectivity index (χ4v) is 7.42. The molecule has 0 aliphatic heterocycles. The Labute approximate surface area is 247 Å². The lowest BCUT2D eigenvalue weighted by Gasteiger charge is -2.30. The number of hydrogen-bond acceptors (Lipinski definition) is 1. The number of carbonyl (C=O) groups is 1. The number of fused-ring (bicyclic) bond motifs is 10. The van der Waals surface area contributed by atoms with Crippen molar-refractivity contribution >= 4 is 27.5 Å². The van der Waals surface area contributed by atoms with Crippen molar-refractivity contribution in [2.75, 3.05) is 5.32 Å². The van der Waals surface area contributed by atoms with Gasteiger partial charge in [-0.05, 0) is 74.3 Å². The molecule has 1 amide bonds. The van der Waals surface area contributed by atoms with Crippen LogP contribution in [0.15, 0.2) is 144 Å². The fourth-order valence-electron chi connectivity index (χ4n) is 7.02. The highest BCUT2D eigenvalue weighted by molar-refractivity contribution is 9.10. The van der Waals surface area contributed by atoms with Gasteiger partial charge in [-0.15, -0.1) is 0 Å². The van der Waals surface area contributed by atoms with Crippen molar-refractivity contribution < 1.29 is 4.79 Å². The van der Waals surface area contributed by atoms with Crippen LogP contribution in [-0.4, -0.2) is 5.91 Å². The average molecular weight is 591 g/mol. The molecule has 0 radical (unpaired) electrons. The van der Waals surface area contributed by atoms with E-state index in [2.05, 4.69) is 118 Å². The number of benzene rings is 6. The second-order valence-electron chi connectivity index (χ2n) is 10.6. The molecule has 8 rings (SSSR count). The molecule has 0 unspecified atom stereocenters. The van der Waals surface area contributed by atoms with Crippen molar-refractivity contribution in [3.63, 3.8) is 0 Å². The molecule has 2 aliphatic rings. The van der Waals surface area contributed by atoms with Gasteiger partial charge < -0.3 is 5.32 Å². The average Bonchev–Trinajstić information content (AvgIpc) is 3.49. The Hall–Kier alpha value is -4.73. The van der Waals surface area contributed by atoms with Crippen molar-refractivity contribution in [1.82, 2.24) is 0 Å². The number of carbonyl (C=O) groups excluding carboxylic acids is 1. The van der Waals surface area contributed by atoms with Gasteiger partial charge in [0.05, 0.1) is 5.41 Å². The molecule has 0 heterocycles. The summed E-state index contributed by atoms with van der Waals surface area (Å²) in [6.07, 6.45) is 0. The van der Waals surface area contributed by atoms with Crippen LogP contribution in [0.3, 0.4) is 0 Å². The van der Waals surface area contributed by atoms with Gasteiger partial charge in [-0.2, -0.15) is 0 Å². The molecular weight excluding hydrogens is 566 g/mol. The van der Waals surface area contributed by atoms with Gasteiger partial charge in [-0.3, -0.25) is 4.79 Å². The van der Waals surface area contributed by atoms with Crippen LogP contribution < -0.4 is 5.32 Å². The van der Waals surface area contributed by atoms with E-state index in [-0.39, 0.29) is 5.91 Å². The summed E-state index contributed by atoms with van der Waals surface area (Å²) in [6.45, 7) is 0. The van der Waals surface area contributed by atoms with Gasteiger partial charge >= 0.3 is 0 Å². The maximum atomic E-state index is 13.3. The molecule has 0 saturated heterocycles. The summed E-state index contributed by atoms with van der Waals surface area (Å²) in [7, 11) is 0. The van der Waals surface area contributed by atoms with Crippen LogP contribution in [0.5, 0.6) is 0 Å². The standard InChI is InChI=1S/C38H24BrNO/c39-25-12-9-11-24(23-25)37(41)40-35-22-8-4-15-28(35)29-17-10-21-34-36(29)30-16-3-7-20-33(30)38(34)31-18-5-1-13-26(31)27-14-2-6-19-32(27)38/h1-23H,(H,40,41). The van der Waals surface area contributed by atoms with E-state index < -0.39 is 5.41 Å². The topological polar surface area (TPSA) is 29.1 Å². The highest BCUT2D eigenvalue weighted by Gasteiger charge is 2.51. The SMILES string of the molecule is O=C(Nc1ccccc1-c1cccc2c1-c1ccccc1C21c2ccccc2-c2ccccc21)c1cccc(Br)c1. The first-order chi connectivity index (χ1) is 20.2. The van der Waals surface area contributed by atoms with Crippen molar-refractivity contribution in [3.05, 3.63) is 172 Å². The van der Waals surface area contributed by atoms with Crippen LogP contribution in [0.1, 0.15) is 32.6 Å². The molecule has 0 aromatic heterocycles. The Morgan fingerprint density at radius 3 is 1.71 bits per heavy atom. The highest BCUT2D eigenvalue weighted by atomic mass is 79.9. The van der Waals surface area contributed by atoms with E-state index in [1.165, 1.54) is 44.5 Å². The molecule has 3 heteroatoms. The monoisotopic (exact) mass is 589 g/mol. The summed E-state index contributed by atoms with van der Waals surface area (Å²) >= 11 is 3.49. The molecule has 0 saturated carbocycles. The Kier molecular flexibility index (Phi) is 5.38. The number of rotatable bonds is 3. The first-order valence-corrected chi connectivity index (χ1v) is 14.6. The van der Waals surface area contributed by atoms with E-state index in [9.17, 15) is 4.79 Å². The molecule has 6 aromatic carbocycles. The summed E-state index contributed by atoms with van der Waals surface area (Å²) in [6, 6.07) is 48.7. The number of anilines is 1. The largest absolute Gasteiger partial charge is 0.321 e. The van der Waals surface area contributed by atoms with Crippen LogP contribution in [0.25, 0.3) is 33.4 Å². The normalized spacial score (nSPS) is 13.3. The molecule has 0 fully saturated rings. The lowest BCUT2D eigenvalue weighted by molar-refractivity contribution is 0.102. The molecular formula is C38H24BrNO. The van der Waals surface area contributed by atoms with Gasteiger partial charge in [0.1, 0.15) is 0 Å². The van der Waals surface area contributed by atoms with E-state index in [1.54, 1.807) is 0 Å². The second kappa shape index (κ2) is 9.15. The van der Waals surface area contributed by atoms with E-state index in [1.807, 2.05) is 42.5 Å². The lowest BCUT2D eigenvalue weighted by Crippen LogP contribution is -2.25. The van der Waals surface area contributed by atoms with Gasteiger partial charge in [-0.25, -0.2) is 0 Å². The smallest absolute Gasteiger partial charge is 0.255 e. The molecule has 194 valence electrons. The highest BCUT2D eigenvalue weighted by Crippen LogP contribution is 2.64. The van der Waals surface area contributed by atoms with Crippen LogP contribution in [0.2, 0.25) is 0 Å². The Bertz CT molecular complexity index is 1980. The number of amides is 1. The van der Waals surface area contributed by atoms with Crippen molar-refractivity contribution in [2.45, 2.75) is 5.41 Å². The third-order valence-corrected chi connectivity index (χ3v) is 9.07. The zero-order valence-corrected chi connectivity index (χ0v) is 23.7. The first kappa shape index (κ1) is 24.1. The van der Waals surface area contributed by atoms with E-state index in [4.69, 9.17) is 0 Å². The maximum Gasteiger partial charge on any atom is 0.255 e. The summed E-state index contributed by atoms with van der Waals surface area (Å²) in [4.78, 5) is 13.3. The molecule has 2 aliphatic carbocycles. The summed E-state index contributed by atoms with van der Waals surface area (Å²) < 4.78 is 0.873. The predicted molar refractivity (Wildman–Crippen MR) is 170 cm³/mol. The minimum absolute atomic E-state index is 0.137. The van der Waals surface area contributed by atoms with Crippen LogP contribution in [-0.2, 0) is 5.41 Å². The van der Waals surface area contributed by atoms with Gasteiger partial charge in [-0.1, -0.05) is 131 Å². The lowest BCUT2D eigenvalue weighted by atomic mass is 9.70. The fraction of sp³-hybridized carbons (Fsp3) is 0.0263. The van der Waals surface area contributed by atoms with Crippen LogP contribution in [0, 0.1) is 0 Å². The summed E-state index contributed by atoms with van der Waals surface area (Å²) in [5.41, 5.74) is 13.4. The van der Waals surface area contributed by atoms with Gasteiger partial charge in [0, 0.05) is 21.3 Å². The van der Waals surface area contributed by atoms with E-state index in [0.29, 0.717) is 5.56 Å². The van der Waals surface area contributed by atoms with Gasteiger partial charge in [0.25, 0.3) is 5.91 Å². The number of nitrogens with one attached hydrogen (secondary N) is 1. The zero-order valence-electron chi connectivity index (χ0n) is 22.1. The predicted octanol–water partition coefficient (Wildman–Crippen LogP) is 9.71. The maximum absolute atomic E-state index is 13.3. The van der Waals surface area contributed by atoms with Crippen LogP contribution >= 0.6 is 15.9 Å². The molecule has 2 nitrogen and oxygen atoms in total. The number of hydrogen-bond donors (Lipinski definition) is 1. The molecule has 1 spiro atoms. The van der Waals surface area contributed by atoms with E-state index in [0.717, 1.165) is 21.3 Å². The van der Waals surface area contributed by atoms with E-state index >= 15 is 0 Å². The molecule has 6 aromatic rings. The zero-order chi connectivity index (χ0) is 27.6. The number of para-hydroxylation sites is 1. The summed E-state index contributed by atoms with van der Waals surface area (Å²) in [5, 5.41) is 3.20.